The van der Waals surface area contributed by atoms with Crippen LogP contribution in [0.15, 0.2) is 11.5 Å². The first-order valence-electron chi connectivity index (χ1n) is 7.22. The smallest absolute Gasteiger partial charge is 0.246 e. The molecule has 0 aliphatic heterocycles. The average molecular weight is 310 g/mol. The fraction of sp³-hybridized carbons (Fsp3) is 0.600. The van der Waals surface area contributed by atoms with Gasteiger partial charge in [0, 0.05) is 18.5 Å². The number of aryl methyl sites for hydroxylation is 1. The van der Waals surface area contributed by atoms with Crippen LogP contribution in [0.5, 0.6) is 0 Å². The quantitative estimate of drug-likeness (QED) is 0.657. The van der Waals surface area contributed by atoms with Crippen molar-refractivity contribution in [2.75, 3.05) is 7.05 Å². The summed E-state index contributed by atoms with van der Waals surface area (Å²) in [5, 5.41) is 22.9. The number of carbonyl (C=O) groups excluding carboxylic acids is 1. The summed E-state index contributed by atoms with van der Waals surface area (Å²) >= 11 is 1.54. The maximum absolute atomic E-state index is 12.2. The van der Waals surface area contributed by atoms with E-state index in [0.29, 0.717) is 12.8 Å². The molecule has 1 aromatic rings. The van der Waals surface area contributed by atoms with Gasteiger partial charge in [-0.15, -0.1) is 11.3 Å². The van der Waals surface area contributed by atoms with Crippen molar-refractivity contribution in [1.82, 2.24) is 9.88 Å². The molecule has 1 aliphatic carbocycles. The lowest BCUT2D eigenvalue weighted by Crippen LogP contribution is -2.48. The topological polar surface area (TPSA) is 73.7 Å². The van der Waals surface area contributed by atoms with Crippen molar-refractivity contribution in [2.45, 2.75) is 50.9 Å². The Kier molecular flexibility index (Phi) is 5.50. The van der Waals surface area contributed by atoms with Crippen molar-refractivity contribution in [1.29, 1.82) is 0 Å². The molecule has 5 nitrogen and oxygen atoms in total. The molecule has 1 fully saturated rings. The highest BCUT2D eigenvalue weighted by molar-refractivity contribution is 7.09. The fourth-order valence-electron chi connectivity index (χ4n) is 2.62. The van der Waals surface area contributed by atoms with Crippen LogP contribution in [-0.4, -0.2) is 51.3 Å². The van der Waals surface area contributed by atoms with Gasteiger partial charge >= 0.3 is 0 Å². The van der Waals surface area contributed by atoms with Crippen molar-refractivity contribution in [3.63, 3.8) is 0 Å². The van der Waals surface area contributed by atoms with Gasteiger partial charge in [-0.05, 0) is 25.8 Å². The first-order chi connectivity index (χ1) is 9.99. The Morgan fingerprint density at radius 3 is 2.81 bits per heavy atom. The monoisotopic (exact) mass is 310 g/mol. The van der Waals surface area contributed by atoms with E-state index in [9.17, 15) is 15.0 Å². The Balaban J connectivity index is 2.02. The van der Waals surface area contributed by atoms with E-state index in [0.717, 1.165) is 23.5 Å². The Morgan fingerprint density at radius 2 is 2.14 bits per heavy atom. The van der Waals surface area contributed by atoms with Crippen LogP contribution in [0.1, 0.15) is 36.4 Å². The van der Waals surface area contributed by atoms with E-state index in [1.54, 1.807) is 13.1 Å². The highest BCUT2D eigenvalue weighted by atomic mass is 32.1. The van der Waals surface area contributed by atoms with Gasteiger partial charge in [0.15, 0.2) is 0 Å². The van der Waals surface area contributed by atoms with Gasteiger partial charge in [-0.2, -0.15) is 0 Å². The first-order valence-corrected chi connectivity index (χ1v) is 8.10. The van der Waals surface area contributed by atoms with Crippen LogP contribution in [0.3, 0.4) is 0 Å². The largest absolute Gasteiger partial charge is 0.390 e. The zero-order chi connectivity index (χ0) is 15.4. The minimum absolute atomic E-state index is 0.182. The van der Waals surface area contributed by atoms with Crippen LogP contribution in [0.4, 0.5) is 0 Å². The molecule has 2 rings (SSSR count). The number of nitrogens with zero attached hydrogens (tertiary/aromatic N) is 2. The highest BCUT2D eigenvalue weighted by Crippen LogP contribution is 2.22. The standard InChI is InChI=1S/C15H22N2O3S/c1-10-16-11(9-21-10)7-8-14(19)17(2)12-5-3-4-6-13(18)15(12)20/h7-9,12-13,15,18,20H,3-6H2,1-2H3/b8-7+/t12-,13-,15-/m1/s1. The van der Waals surface area contributed by atoms with Crippen molar-refractivity contribution in [3.05, 3.63) is 22.2 Å². The second-order valence-electron chi connectivity index (χ2n) is 5.48. The Morgan fingerprint density at radius 1 is 1.43 bits per heavy atom. The highest BCUT2D eigenvalue weighted by Gasteiger charge is 2.32. The molecule has 1 aliphatic rings. The normalized spacial score (nSPS) is 26.8. The predicted molar refractivity (Wildman–Crippen MR) is 82.9 cm³/mol. The lowest BCUT2D eigenvalue weighted by Gasteiger charge is -2.31. The summed E-state index contributed by atoms with van der Waals surface area (Å²) < 4.78 is 0. The molecule has 1 aromatic heterocycles. The van der Waals surface area contributed by atoms with E-state index in [1.165, 1.54) is 22.3 Å². The molecule has 0 unspecified atom stereocenters. The number of aliphatic hydroxyl groups excluding tert-OH is 2. The number of hydrogen-bond donors (Lipinski definition) is 2. The molecular formula is C15H22N2O3S. The Labute approximate surface area is 128 Å². The third-order valence-electron chi connectivity index (χ3n) is 3.92. The molecule has 0 radical (unpaired) electrons. The zero-order valence-corrected chi connectivity index (χ0v) is 13.2. The SMILES string of the molecule is Cc1nc(/C=C/C(=O)N(C)[C@@H]2CCCC[C@@H](O)[C@@H]2O)cs1. The van der Waals surface area contributed by atoms with E-state index in [2.05, 4.69) is 4.98 Å². The van der Waals surface area contributed by atoms with E-state index in [-0.39, 0.29) is 11.9 Å². The number of likely N-dealkylation sites (N-methyl/N-ethyl adjacent to an activating group) is 1. The van der Waals surface area contributed by atoms with E-state index in [4.69, 9.17) is 0 Å². The molecule has 0 bridgehead atoms. The van der Waals surface area contributed by atoms with Gasteiger partial charge in [0.2, 0.25) is 5.91 Å². The number of aromatic nitrogens is 1. The number of rotatable bonds is 3. The molecule has 1 heterocycles. The molecule has 1 amide bonds. The third-order valence-corrected chi connectivity index (χ3v) is 4.71. The van der Waals surface area contributed by atoms with E-state index >= 15 is 0 Å². The third kappa shape index (κ3) is 4.12. The number of amides is 1. The van der Waals surface area contributed by atoms with Crippen LogP contribution in [0, 0.1) is 6.92 Å². The van der Waals surface area contributed by atoms with Gasteiger partial charge in [0.25, 0.3) is 0 Å². The van der Waals surface area contributed by atoms with Gasteiger partial charge in [0.05, 0.1) is 22.8 Å². The summed E-state index contributed by atoms with van der Waals surface area (Å²) in [6.07, 6.45) is 4.61. The molecular weight excluding hydrogens is 288 g/mol. The number of hydrogen-bond acceptors (Lipinski definition) is 5. The minimum atomic E-state index is -0.878. The predicted octanol–water partition coefficient (Wildman–Crippen LogP) is 1.59. The van der Waals surface area contributed by atoms with Crippen molar-refractivity contribution < 1.29 is 15.0 Å². The molecule has 116 valence electrons. The second-order valence-corrected chi connectivity index (χ2v) is 6.55. The second kappa shape index (κ2) is 7.15. The van der Waals surface area contributed by atoms with E-state index in [1.807, 2.05) is 12.3 Å². The Hall–Kier alpha value is -1.24. The van der Waals surface area contributed by atoms with Gasteiger partial charge in [-0.3, -0.25) is 4.79 Å². The van der Waals surface area contributed by atoms with Crippen molar-refractivity contribution in [3.8, 4) is 0 Å². The molecule has 0 aromatic carbocycles. The van der Waals surface area contributed by atoms with Gasteiger partial charge in [-0.25, -0.2) is 4.98 Å². The number of aliphatic hydroxyl groups is 2. The summed E-state index contributed by atoms with van der Waals surface area (Å²) in [5.74, 6) is -0.182. The summed E-state index contributed by atoms with van der Waals surface area (Å²) in [4.78, 5) is 18.0. The summed E-state index contributed by atoms with van der Waals surface area (Å²) in [5.41, 5.74) is 0.765. The molecule has 2 N–H and O–H groups in total. The molecule has 3 atom stereocenters. The fourth-order valence-corrected chi connectivity index (χ4v) is 3.20. The lowest BCUT2D eigenvalue weighted by molar-refractivity contribution is -0.131. The molecule has 21 heavy (non-hydrogen) atoms. The molecule has 6 heteroatoms. The van der Waals surface area contributed by atoms with Crippen LogP contribution in [0.25, 0.3) is 6.08 Å². The van der Waals surface area contributed by atoms with Gasteiger partial charge in [-0.1, -0.05) is 12.8 Å². The van der Waals surface area contributed by atoms with E-state index < -0.39 is 12.2 Å². The first kappa shape index (κ1) is 16.1. The molecule has 1 saturated carbocycles. The van der Waals surface area contributed by atoms with Crippen LogP contribution in [0.2, 0.25) is 0 Å². The summed E-state index contributed by atoms with van der Waals surface area (Å²) in [6.45, 7) is 1.92. The van der Waals surface area contributed by atoms with Crippen LogP contribution >= 0.6 is 11.3 Å². The lowest BCUT2D eigenvalue weighted by atomic mass is 10.0. The number of carbonyl (C=O) groups is 1. The number of thiazole rings is 1. The van der Waals surface area contributed by atoms with Crippen LogP contribution < -0.4 is 0 Å². The zero-order valence-electron chi connectivity index (χ0n) is 12.4. The van der Waals surface area contributed by atoms with Crippen molar-refractivity contribution >= 4 is 23.3 Å². The van der Waals surface area contributed by atoms with Crippen LogP contribution in [-0.2, 0) is 4.79 Å². The summed E-state index contributed by atoms with van der Waals surface area (Å²) in [7, 11) is 1.67. The minimum Gasteiger partial charge on any atom is -0.390 e. The Bertz CT molecular complexity index is 515. The van der Waals surface area contributed by atoms with Gasteiger partial charge < -0.3 is 15.1 Å². The van der Waals surface area contributed by atoms with Crippen molar-refractivity contribution in [2.24, 2.45) is 0 Å². The maximum atomic E-state index is 12.2. The maximum Gasteiger partial charge on any atom is 0.246 e. The summed E-state index contributed by atoms with van der Waals surface area (Å²) in [6, 6.07) is -0.336. The molecule has 0 saturated heterocycles. The average Bonchev–Trinajstić information content (AvgIpc) is 2.81. The molecule has 0 spiro atoms. The van der Waals surface area contributed by atoms with Gasteiger partial charge in [0.1, 0.15) is 6.10 Å².